The van der Waals surface area contributed by atoms with Gasteiger partial charge in [0.2, 0.25) is 17.7 Å². The van der Waals surface area contributed by atoms with E-state index in [9.17, 15) is 44.4 Å². The van der Waals surface area contributed by atoms with Crippen LogP contribution in [-0.2, 0) is 43.2 Å². The first-order chi connectivity index (χ1) is 22.9. The van der Waals surface area contributed by atoms with Gasteiger partial charge in [-0.2, -0.15) is 0 Å². The normalized spacial score (nSPS) is 13.5. The van der Waals surface area contributed by atoms with E-state index in [4.69, 9.17) is 5.73 Å². The molecule has 0 saturated carbocycles. The summed E-state index contributed by atoms with van der Waals surface area (Å²) in [7, 11) is 0. The number of hydrogen-bond donors (Lipinski definition) is 9. The number of nitrogens with one attached hydrogen (secondary N) is 4. The summed E-state index contributed by atoms with van der Waals surface area (Å²) in [6.45, 7) is 0. The minimum atomic E-state index is -1.40. The van der Waals surface area contributed by atoms with Gasteiger partial charge < -0.3 is 47.1 Å². The fourth-order valence-electron chi connectivity index (χ4n) is 5.14. The third-order valence-electron chi connectivity index (χ3n) is 7.73. The summed E-state index contributed by atoms with van der Waals surface area (Å²) < 4.78 is 0. The Balaban J connectivity index is 1.55. The van der Waals surface area contributed by atoms with Crippen LogP contribution < -0.4 is 21.7 Å². The van der Waals surface area contributed by atoms with E-state index in [1.54, 1.807) is 24.4 Å². The number of carboxylic acids is 2. The van der Waals surface area contributed by atoms with Crippen molar-refractivity contribution in [1.29, 1.82) is 0 Å². The molecule has 0 saturated heterocycles. The second kappa shape index (κ2) is 16.1. The second-order valence-corrected chi connectivity index (χ2v) is 11.4. The Kier molecular flexibility index (Phi) is 11.7. The molecule has 14 nitrogen and oxygen atoms in total. The van der Waals surface area contributed by atoms with Crippen molar-refractivity contribution in [2.45, 2.75) is 56.3 Å². The fraction of sp³-hybridized carbons (Fsp3) is 0.265. The molecule has 0 aliphatic rings. The number of benzene rings is 3. The summed E-state index contributed by atoms with van der Waals surface area (Å²) in [6, 6.07) is 13.8. The number of H-pyrrole nitrogens is 1. The number of phenolic OH excluding ortho intramolecular Hbond substituents is 2. The van der Waals surface area contributed by atoms with Crippen LogP contribution in [0.5, 0.6) is 11.5 Å². The number of hydrogen-bond acceptors (Lipinski definition) is 8. The SMILES string of the molecule is NC(Cc1ccc(O)cc1)C(=O)NC(CCC(=O)O)C(=O)NC(Cc1c[nH]c2ccccc12)C(=O)NC(Cc1ccc(O)cc1)C(=O)O. The van der Waals surface area contributed by atoms with Crippen molar-refractivity contribution in [3.63, 3.8) is 0 Å². The lowest BCUT2D eigenvalue weighted by Crippen LogP contribution is -2.58. The number of aromatic amines is 1. The number of fused-ring (bicyclic) bond motifs is 1. The Morgan fingerprint density at radius 3 is 1.81 bits per heavy atom. The molecule has 252 valence electrons. The van der Waals surface area contributed by atoms with E-state index in [1.165, 1.54) is 36.4 Å². The van der Waals surface area contributed by atoms with E-state index in [0.29, 0.717) is 16.7 Å². The van der Waals surface area contributed by atoms with Crippen LogP contribution in [0, 0.1) is 0 Å². The maximum atomic E-state index is 13.7. The van der Waals surface area contributed by atoms with Gasteiger partial charge in [-0.05, 0) is 59.9 Å². The predicted octanol–water partition coefficient (Wildman–Crippen LogP) is 1.34. The first-order valence-electron chi connectivity index (χ1n) is 15.1. The largest absolute Gasteiger partial charge is 0.508 e. The van der Waals surface area contributed by atoms with Gasteiger partial charge in [-0.15, -0.1) is 0 Å². The highest BCUT2D eigenvalue weighted by Gasteiger charge is 2.31. The molecule has 3 aromatic carbocycles. The van der Waals surface area contributed by atoms with Gasteiger partial charge in [0.05, 0.1) is 6.04 Å². The summed E-state index contributed by atoms with van der Waals surface area (Å²) >= 11 is 0. The topological polar surface area (TPSA) is 244 Å². The van der Waals surface area contributed by atoms with E-state index in [1.807, 2.05) is 18.2 Å². The van der Waals surface area contributed by atoms with Crippen LogP contribution in [-0.4, -0.2) is 79.2 Å². The highest BCUT2D eigenvalue weighted by molar-refractivity contribution is 5.95. The molecule has 10 N–H and O–H groups in total. The number of phenols is 2. The van der Waals surface area contributed by atoms with Crippen LogP contribution in [0.15, 0.2) is 79.0 Å². The molecular weight excluding hydrogens is 622 g/mol. The van der Waals surface area contributed by atoms with Gasteiger partial charge in [-0.25, -0.2) is 4.79 Å². The first kappa shape index (κ1) is 35.0. The molecule has 1 aromatic heterocycles. The average Bonchev–Trinajstić information content (AvgIpc) is 3.46. The zero-order valence-electron chi connectivity index (χ0n) is 25.8. The first-order valence-corrected chi connectivity index (χ1v) is 15.1. The highest BCUT2D eigenvalue weighted by Crippen LogP contribution is 2.20. The second-order valence-electron chi connectivity index (χ2n) is 11.4. The van der Waals surface area contributed by atoms with Crippen molar-refractivity contribution in [3.8, 4) is 11.5 Å². The molecule has 1 heterocycles. The van der Waals surface area contributed by atoms with Crippen molar-refractivity contribution in [2.75, 3.05) is 0 Å². The molecule has 4 rings (SSSR count). The lowest BCUT2D eigenvalue weighted by Gasteiger charge is -2.25. The van der Waals surface area contributed by atoms with E-state index in [2.05, 4.69) is 20.9 Å². The highest BCUT2D eigenvalue weighted by atomic mass is 16.4. The molecule has 4 unspecified atom stereocenters. The van der Waals surface area contributed by atoms with Gasteiger partial charge >= 0.3 is 11.9 Å². The molecule has 0 aliphatic carbocycles. The summed E-state index contributed by atoms with van der Waals surface area (Å²) in [4.78, 5) is 67.0. The third kappa shape index (κ3) is 9.80. The molecule has 0 bridgehead atoms. The number of nitrogens with two attached hydrogens (primary N) is 1. The predicted molar refractivity (Wildman–Crippen MR) is 174 cm³/mol. The Labute approximate surface area is 275 Å². The number of carbonyl (C=O) groups is 5. The van der Waals surface area contributed by atoms with Crippen LogP contribution in [0.2, 0.25) is 0 Å². The molecule has 4 atom stereocenters. The molecule has 0 radical (unpaired) electrons. The summed E-state index contributed by atoms with van der Waals surface area (Å²) in [5.74, 6) is -4.97. The lowest BCUT2D eigenvalue weighted by molar-refractivity contribution is -0.142. The fourth-order valence-corrected chi connectivity index (χ4v) is 5.14. The maximum absolute atomic E-state index is 13.7. The van der Waals surface area contributed by atoms with Crippen molar-refractivity contribution >= 4 is 40.6 Å². The number of aromatic hydroxyl groups is 2. The molecule has 0 fully saturated rings. The minimum absolute atomic E-state index is 0.0120. The number of rotatable bonds is 16. The van der Waals surface area contributed by atoms with E-state index in [-0.39, 0.29) is 37.2 Å². The maximum Gasteiger partial charge on any atom is 0.326 e. The van der Waals surface area contributed by atoms with Crippen LogP contribution in [0.4, 0.5) is 0 Å². The van der Waals surface area contributed by atoms with E-state index < -0.39 is 60.2 Å². The molecule has 0 aliphatic heterocycles. The van der Waals surface area contributed by atoms with E-state index >= 15 is 0 Å². The molecular formula is C34H37N5O9. The summed E-state index contributed by atoms with van der Waals surface area (Å²) in [5, 5.41) is 46.6. The van der Waals surface area contributed by atoms with Crippen LogP contribution >= 0.6 is 0 Å². The zero-order chi connectivity index (χ0) is 34.8. The smallest absolute Gasteiger partial charge is 0.326 e. The summed E-state index contributed by atoms with van der Waals surface area (Å²) in [5.41, 5.74) is 8.65. The van der Waals surface area contributed by atoms with Crippen LogP contribution in [0.1, 0.15) is 29.5 Å². The van der Waals surface area contributed by atoms with Crippen molar-refractivity contribution in [2.24, 2.45) is 5.73 Å². The van der Waals surface area contributed by atoms with Crippen molar-refractivity contribution < 1.29 is 44.4 Å². The lowest BCUT2D eigenvalue weighted by atomic mass is 10.0. The van der Waals surface area contributed by atoms with Gasteiger partial charge in [0.25, 0.3) is 0 Å². The Hall–Kier alpha value is -5.89. The van der Waals surface area contributed by atoms with Gasteiger partial charge in [-0.3, -0.25) is 19.2 Å². The molecule has 48 heavy (non-hydrogen) atoms. The third-order valence-corrected chi connectivity index (χ3v) is 7.73. The Morgan fingerprint density at radius 2 is 1.21 bits per heavy atom. The van der Waals surface area contributed by atoms with Gasteiger partial charge in [0, 0.05) is 36.4 Å². The van der Waals surface area contributed by atoms with Crippen LogP contribution in [0.3, 0.4) is 0 Å². The Bertz CT molecular complexity index is 1750. The molecule has 0 spiro atoms. The van der Waals surface area contributed by atoms with Crippen molar-refractivity contribution in [3.05, 3.63) is 95.7 Å². The zero-order valence-corrected chi connectivity index (χ0v) is 25.8. The number of aromatic nitrogens is 1. The number of aliphatic carboxylic acids is 2. The molecule has 3 amide bonds. The number of carbonyl (C=O) groups excluding carboxylic acids is 3. The monoisotopic (exact) mass is 659 g/mol. The summed E-state index contributed by atoms with van der Waals surface area (Å²) in [6.07, 6.45) is 0.715. The standard InChI is InChI=1S/C34H37N5O9/c35-25(15-19-5-9-22(40)10-6-19)31(44)37-27(13-14-30(42)43)32(45)38-28(17-21-18-36-26-4-2-1-3-24(21)26)33(46)39-29(34(47)48)16-20-7-11-23(41)12-8-20/h1-12,18,25,27-29,36,40-41H,13-17,35H2,(H,37,44)(H,38,45)(H,39,46)(H,42,43)(H,47,48). The van der Waals surface area contributed by atoms with Crippen molar-refractivity contribution in [1.82, 2.24) is 20.9 Å². The Morgan fingerprint density at radius 1 is 0.667 bits per heavy atom. The quantitative estimate of drug-likeness (QED) is 0.0835. The average molecular weight is 660 g/mol. The minimum Gasteiger partial charge on any atom is -0.508 e. The van der Waals surface area contributed by atoms with Gasteiger partial charge in [0.15, 0.2) is 0 Å². The van der Waals surface area contributed by atoms with Crippen LogP contribution in [0.25, 0.3) is 10.9 Å². The number of amides is 3. The molecule has 4 aromatic rings. The number of carboxylic acid groups (broad SMARTS) is 2. The van der Waals surface area contributed by atoms with Gasteiger partial charge in [-0.1, -0.05) is 42.5 Å². The number of para-hydroxylation sites is 1. The van der Waals surface area contributed by atoms with Gasteiger partial charge in [0.1, 0.15) is 29.6 Å². The van der Waals surface area contributed by atoms with E-state index in [0.717, 1.165) is 10.9 Å². The molecule has 14 heteroatoms.